The molecular formula is C27H22O8. The van der Waals surface area contributed by atoms with Gasteiger partial charge < -0.3 is 29.2 Å². The van der Waals surface area contributed by atoms with Crippen molar-refractivity contribution in [2.24, 2.45) is 0 Å². The van der Waals surface area contributed by atoms with Crippen molar-refractivity contribution in [2.75, 3.05) is 13.2 Å². The number of fused-ring (bicyclic) bond motifs is 1. The van der Waals surface area contributed by atoms with Gasteiger partial charge in [0, 0.05) is 17.7 Å². The first kappa shape index (κ1) is 23.4. The van der Waals surface area contributed by atoms with Crippen LogP contribution in [0.1, 0.15) is 12.5 Å². The summed E-state index contributed by atoms with van der Waals surface area (Å²) in [4.78, 5) is 25.6. The van der Waals surface area contributed by atoms with Crippen LogP contribution in [0.15, 0.2) is 76.0 Å². The number of phenolic OH excluding ortho intramolecular Hbond substituents is 3. The summed E-state index contributed by atoms with van der Waals surface area (Å²) in [6.07, 6.45) is 2.94. The maximum Gasteiger partial charge on any atom is 0.239 e. The summed E-state index contributed by atoms with van der Waals surface area (Å²) in [5.74, 6) is -0.770. The van der Waals surface area contributed by atoms with Crippen molar-refractivity contribution >= 4 is 22.8 Å². The SMILES string of the molecule is CCOc1ccc(/C=C/C(=O)COc2c(-c3ccc(O)cc3)oc3cc(O)cc(O)c3c2=O)cc1. The zero-order valence-electron chi connectivity index (χ0n) is 18.7. The number of hydrogen-bond acceptors (Lipinski definition) is 8. The van der Waals surface area contributed by atoms with E-state index in [-0.39, 0.29) is 34.0 Å². The van der Waals surface area contributed by atoms with E-state index in [9.17, 15) is 24.9 Å². The third-order valence-electron chi connectivity index (χ3n) is 5.06. The molecule has 0 bridgehead atoms. The molecule has 0 aliphatic heterocycles. The van der Waals surface area contributed by atoms with E-state index in [2.05, 4.69) is 0 Å². The Morgan fingerprint density at radius 2 is 1.66 bits per heavy atom. The zero-order valence-corrected chi connectivity index (χ0v) is 18.7. The average Bonchev–Trinajstić information content (AvgIpc) is 2.83. The minimum atomic E-state index is -0.713. The standard InChI is InChI=1S/C27H22O8/c1-2-33-21-11-4-16(5-12-21)3-8-19(29)15-34-27-25(32)24-22(31)13-20(30)14-23(24)35-26(27)17-6-9-18(28)10-7-17/h3-14,28,30-31H,2,15H2,1H3/b8-3+. The van der Waals surface area contributed by atoms with Crippen molar-refractivity contribution in [1.29, 1.82) is 0 Å². The highest BCUT2D eigenvalue weighted by Gasteiger charge is 2.21. The molecule has 0 unspecified atom stereocenters. The molecule has 0 atom stereocenters. The molecule has 178 valence electrons. The van der Waals surface area contributed by atoms with E-state index in [0.29, 0.717) is 12.2 Å². The lowest BCUT2D eigenvalue weighted by Crippen LogP contribution is -2.15. The molecule has 0 radical (unpaired) electrons. The van der Waals surface area contributed by atoms with Crippen LogP contribution < -0.4 is 14.9 Å². The lowest BCUT2D eigenvalue weighted by atomic mass is 10.1. The second-order valence-corrected chi connectivity index (χ2v) is 7.56. The number of carbonyl (C=O) groups is 1. The molecule has 3 aromatic carbocycles. The van der Waals surface area contributed by atoms with Crippen molar-refractivity contribution < 1.29 is 34.0 Å². The Kier molecular flexibility index (Phi) is 6.73. The first-order valence-corrected chi connectivity index (χ1v) is 10.7. The predicted octanol–water partition coefficient (Wildman–Crippen LogP) is 4.64. The van der Waals surface area contributed by atoms with Crippen molar-refractivity contribution in [3.8, 4) is 40.1 Å². The van der Waals surface area contributed by atoms with Gasteiger partial charge in [-0.2, -0.15) is 0 Å². The summed E-state index contributed by atoms with van der Waals surface area (Å²) in [7, 11) is 0. The molecule has 0 saturated heterocycles. The maximum absolute atomic E-state index is 13.2. The van der Waals surface area contributed by atoms with Crippen LogP contribution in [0.3, 0.4) is 0 Å². The quantitative estimate of drug-likeness (QED) is 0.315. The summed E-state index contributed by atoms with van der Waals surface area (Å²) < 4.78 is 16.8. The molecule has 8 heteroatoms. The number of rotatable bonds is 8. The van der Waals surface area contributed by atoms with Crippen molar-refractivity contribution in [2.45, 2.75) is 6.92 Å². The van der Waals surface area contributed by atoms with Crippen LogP contribution in [0.4, 0.5) is 0 Å². The Morgan fingerprint density at radius 1 is 0.943 bits per heavy atom. The van der Waals surface area contributed by atoms with Crippen LogP contribution in [0.2, 0.25) is 0 Å². The van der Waals surface area contributed by atoms with Crippen LogP contribution in [-0.4, -0.2) is 34.3 Å². The summed E-state index contributed by atoms with van der Waals surface area (Å²) in [6, 6.07) is 15.2. The summed E-state index contributed by atoms with van der Waals surface area (Å²) in [5, 5.41) is 29.4. The molecule has 8 nitrogen and oxygen atoms in total. The molecule has 0 amide bonds. The Balaban J connectivity index is 1.63. The number of ketones is 1. The van der Waals surface area contributed by atoms with Gasteiger partial charge in [-0.3, -0.25) is 9.59 Å². The predicted molar refractivity (Wildman–Crippen MR) is 130 cm³/mol. The minimum Gasteiger partial charge on any atom is -0.508 e. The van der Waals surface area contributed by atoms with Gasteiger partial charge in [-0.15, -0.1) is 0 Å². The van der Waals surface area contributed by atoms with Gasteiger partial charge in [0.1, 0.15) is 34.0 Å². The molecule has 0 aliphatic rings. The normalized spacial score (nSPS) is 11.1. The molecule has 1 aromatic heterocycles. The molecule has 0 aliphatic carbocycles. The monoisotopic (exact) mass is 474 g/mol. The number of benzene rings is 3. The van der Waals surface area contributed by atoms with E-state index in [0.717, 1.165) is 17.4 Å². The zero-order chi connectivity index (χ0) is 24.9. The molecule has 4 aromatic rings. The highest BCUT2D eigenvalue weighted by molar-refractivity contribution is 5.95. The molecular weight excluding hydrogens is 452 g/mol. The minimum absolute atomic E-state index is 0.00393. The van der Waals surface area contributed by atoms with Gasteiger partial charge in [0.2, 0.25) is 11.2 Å². The third-order valence-corrected chi connectivity index (χ3v) is 5.06. The number of carbonyl (C=O) groups excluding carboxylic acids is 1. The first-order chi connectivity index (χ1) is 16.9. The third kappa shape index (κ3) is 5.27. The van der Waals surface area contributed by atoms with Gasteiger partial charge in [-0.25, -0.2) is 0 Å². The summed E-state index contributed by atoms with van der Waals surface area (Å²) in [5.41, 5.74) is 0.387. The van der Waals surface area contributed by atoms with E-state index < -0.39 is 23.6 Å². The summed E-state index contributed by atoms with van der Waals surface area (Å²) >= 11 is 0. The topological polar surface area (TPSA) is 126 Å². The first-order valence-electron chi connectivity index (χ1n) is 10.7. The van der Waals surface area contributed by atoms with Gasteiger partial charge in [0.15, 0.2) is 18.2 Å². The lowest BCUT2D eigenvalue weighted by Gasteiger charge is -2.12. The maximum atomic E-state index is 13.2. The number of phenols is 3. The Morgan fingerprint density at radius 3 is 2.34 bits per heavy atom. The van der Waals surface area contributed by atoms with Crippen LogP contribution in [-0.2, 0) is 4.79 Å². The smallest absolute Gasteiger partial charge is 0.239 e. The van der Waals surface area contributed by atoms with Crippen molar-refractivity contribution in [3.63, 3.8) is 0 Å². The molecule has 4 rings (SSSR count). The molecule has 0 fully saturated rings. The number of hydrogen-bond donors (Lipinski definition) is 3. The van der Waals surface area contributed by atoms with Crippen molar-refractivity contribution in [3.05, 3.63) is 82.5 Å². The van der Waals surface area contributed by atoms with E-state index in [1.807, 2.05) is 6.92 Å². The molecule has 0 spiro atoms. The van der Waals surface area contributed by atoms with Gasteiger partial charge in [0.05, 0.1) is 6.61 Å². The largest absolute Gasteiger partial charge is 0.508 e. The van der Waals surface area contributed by atoms with Gasteiger partial charge in [-0.1, -0.05) is 18.2 Å². The van der Waals surface area contributed by atoms with E-state index in [1.54, 1.807) is 30.3 Å². The van der Waals surface area contributed by atoms with E-state index in [1.165, 1.54) is 36.4 Å². The fourth-order valence-corrected chi connectivity index (χ4v) is 3.42. The van der Waals surface area contributed by atoms with Crippen LogP contribution in [0.25, 0.3) is 28.4 Å². The highest BCUT2D eigenvalue weighted by atomic mass is 16.5. The van der Waals surface area contributed by atoms with Crippen LogP contribution >= 0.6 is 0 Å². The molecule has 35 heavy (non-hydrogen) atoms. The van der Waals surface area contributed by atoms with E-state index >= 15 is 0 Å². The molecule has 3 N–H and O–H groups in total. The van der Waals surface area contributed by atoms with Crippen LogP contribution in [0.5, 0.6) is 28.7 Å². The van der Waals surface area contributed by atoms with Crippen molar-refractivity contribution in [1.82, 2.24) is 0 Å². The average molecular weight is 474 g/mol. The second kappa shape index (κ2) is 10.0. The highest BCUT2D eigenvalue weighted by Crippen LogP contribution is 2.36. The van der Waals surface area contributed by atoms with Crippen LogP contribution in [0, 0.1) is 0 Å². The molecule has 0 saturated carbocycles. The Bertz CT molecular complexity index is 1450. The molecule has 1 heterocycles. The number of ether oxygens (including phenoxy) is 2. The summed E-state index contributed by atoms with van der Waals surface area (Å²) in [6.45, 7) is 1.98. The van der Waals surface area contributed by atoms with E-state index in [4.69, 9.17) is 13.9 Å². The fraction of sp³-hybridized carbons (Fsp3) is 0.111. The second-order valence-electron chi connectivity index (χ2n) is 7.56. The Hall–Kier alpha value is -4.72. The lowest BCUT2D eigenvalue weighted by molar-refractivity contribution is -0.116. The number of aromatic hydroxyl groups is 3. The van der Waals surface area contributed by atoms with Gasteiger partial charge in [-0.05, 0) is 55.0 Å². The van der Waals surface area contributed by atoms with Gasteiger partial charge >= 0.3 is 0 Å². The van der Waals surface area contributed by atoms with Gasteiger partial charge in [0.25, 0.3) is 0 Å². The Labute approximate surface area is 199 Å². The fourth-order valence-electron chi connectivity index (χ4n) is 3.42.